The largest absolute Gasteiger partial charge is 0.493 e. The number of hydrogen-bond donors (Lipinski definition) is 3. The van der Waals surface area contributed by atoms with E-state index in [9.17, 15) is 24.0 Å². The van der Waals surface area contributed by atoms with Crippen molar-refractivity contribution in [2.24, 2.45) is 5.41 Å². The molecule has 0 spiro atoms. The molecule has 19 heteroatoms. The number of nitrogens with zero attached hydrogens (tertiary/aromatic N) is 4. The molecular formula is C65H86F3N7O8S. The molecule has 2 aromatic heterocycles. The third-order valence-electron chi connectivity index (χ3n) is 16.1. The maximum atomic E-state index is 16.2. The fourth-order valence-corrected chi connectivity index (χ4v) is 12.7. The first-order valence-corrected chi connectivity index (χ1v) is 30.9. The lowest BCUT2D eigenvalue weighted by atomic mass is 9.85. The highest BCUT2D eigenvalue weighted by Gasteiger charge is 2.48. The quantitative estimate of drug-likeness (QED) is 0.0422. The van der Waals surface area contributed by atoms with Crippen molar-refractivity contribution in [1.82, 2.24) is 35.3 Å². The number of thiazole rings is 1. The number of rotatable bonds is 23. The van der Waals surface area contributed by atoms with Crippen LogP contribution in [0.1, 0.15) is 173 Å². The summed E-state index contributed by atoms with van der Waals surface area (Å²) in [5.74, 6) is -3.16. The van der Waals surface area contributed by atoms with Crippen molar-refractivity contribution in [2.75, 3.05) is 26.2 Å². The average molecular weight is 1180 g/mol. The number of nitrogens with one attached hydrogen (secondary N) is 3. The first-order valence-electron chi connectivity index (χ1n) is 30.0. The summed E-state index contributed by atoms with van der Waals surface area (Å²) in [4.78, 5) is 82.9. The Morgan fingerprint density at radius 3 is 2.17 bits per heavy atom. The van der Waals surface area contributed by atoms with E-state index in [1.54, 1.807) is 37.6 Å². The van der Waals surface area contributed by atoms with E-state index in [0.29, 0.717) is 50.9 Å². The van der Waals surface area contributed by atoms with Crippen LogP contribution in [0.4, 0.5) is 18.0 Å². The number of fused-ring (bicyclic) bond motifs is 3. The predicted molar refractivity (Wildman–Crippen MR) is 320 cm³/mol. The third-order valence-corrected chi connectivity index (χ3v) is 17.1. The first-order chi connectivity index (χ1) is 39.8. The van der Waals surface area contributed by atoms with Gasteiger partial charge in [-0.1, -0.05) is 102 Å². The number of aromatic nitrogens is 2. The van der Waals surface area contributed by atoms with Gasteiger partial charge in [0.25, 0.3) is 0 Å². The summed E-state index contributed by atoms with van der Waals surface area (Å²) >= 11 is 1.55. The standard InChI is InChI=1S/C65H86F3N7O8S/c1-40-32-47-46-22-18-19-23-50(46)71-55(47)56(75(40)38-65(9,10)68)54-48(66)33-44(34-49(54)67)81-31-20-16-14-12-11-13-15-17-25-53(76)72-58(63(3,4)5)60(78)74-37-45(82-61(79)51-24-21-30-73(51)62(80)83-64(6,7)8)35-52(74)59(77)69-36-42-26-28-43(29-27-42)57-41(2)70-39-84-57/h18-19,22-23,26-29,33-34,39-40,45,51-52,56,58,71H,11-17,20-21,24-25,30-32,35-38H2,1-10H3,(H,69,77)(H,72,76)/t40-,45-,51+,52+,56-,58-/m1/s1. The molecule has 15 nitrogen and oxygen atoms in total. The van der Waals surface area contributed by atoms with Gasteiger partial charge in [-0.05, 0) is 109 Å². The maximum absolute atomic E-state index is 16.2. The molecule has 0 aliphatic carbocycles. The number of H-pyrrole nitrogens is 1. The van der Waals surface area contributed by atoms with E-state index in [-0.39, 0.29) is 55.7 Å². The molecule has 0 unspecified atom stereocenters. The summed E-state index contributed by atoms with van der Waals surface area (Å²) in [5, 5.41) is 6.99. The minimum absolute atomic E-state index is 0.00456. The van der Waals surface area contributed by atoms with Crippen LogP contribution in [0.25, 0.3) is 21.3 Å². The van der Waals surface area contributed by atoms with Crippen molar-refractivity contribution in [3.05, 3.63) is 106 Å². The number of ether oxygens (including phenoxy) is 3. The lowest BCUT2D eigenvalue weighted by Gasteiger charge is -2.43. The molecule has 3 aliphatic heterocycles. The molecule has 456 valence electrons. The molecule has 3 aliphatic rings. The first kappa shape index (κ1) is 63.5. The maximum Gasteiger partial charge on any atom is 0.411 e. The van der Waals surface area contributed by atoms with Gasteiger partial charge in [0.1, 0.15) is 52.9 Å². The highest BCUT2D eigenvalue weighted by atomic mass is 32.1. The zero-order chi connectivity index (χ0) is 60.7. The van der Waals surface area contributed by atoms with Crippen LogP contribution in [0.15, 0.2) is 66.2 Å². The lowest BCUT2D eigenvalue weighted by molar-refractivity contribution is -0.154. The number of halogens is 3. The number of para-hydroxylation sites is 1. The van der Waals surface area contributed by atoms with Crippen LogP contribution >= 0.6 is 11.3 Å². The number of alkyl halides is 1. The molecule has 5 aromatic rings. The van der Waals surface area contributed by atoms with Gasteiger partial charge in [0.15, 0.2) is 0 Å². The van der Waals surface area contributed by atoms with Crippen LogP contribution < -0.4 is 15.4 Å². The molecule has 0 bridgehead atoms. The number of unbranched alkanes of at least 4 members (excludes halogenated alkanes) is 7. The van der Waals surface area contributed by atoms with Crippen LogP contribution in [0.2, 0.25) is 0 Å². The molecular weight excluding hydrogens is 1100 g/mol. The summed E-state index contributed by atoms with van der Waals surface area (Å²) in [6.07, 6.45) is 7.13. The molecule has 4 amide bonds. The summed E-state index contributed by atoms with van der Waals surface area (Å²) in [6.45, 7) is 18.4. The SMILES string of the molecule is Cc1ncsc1-c1ccc(CNC(=O)[C@@H]2C[C@@H](OC(=O)[C@@H]3CCCN3C(=O)OC(C)(C)C)CN2C(=O)[C@@H](NC(=O)CCCCCCCCCCOc2cc(F)c([C@@H]3c4[nH]c5ccccc5c4C[C@@H](C)N3CC(C)(C)F)c(F)c2)C(C)(C)C)cc1. The minimum atomic E-state index is -1.60. The van der Waals surface area contributed by atoms with Gasteiger partial charge in [0, 0.05) is 72.8 Å². The average Bonchev–Trinajstić information content (AvgIpc) is 2.90. The number of aromatic amines is 1. The van der Waals surface area contributed by atoms with Gasteiger partial charge in [-0.2, -0.15) is 0 Å². The second-order valence-electron chi connectivity index (χ2n) is 25.8. The number of carbonyl (C=O) groups is 5. The van der Waals surface area contributed by atoms with E-state index in [1.165, 1.54) is 35.8 Å². The number of hydrogen-bond acceptors (Lipinski definition) is 11. The van der Waals surface area contributed by atoms with Crippen LogP contribution in [0.5, 0.6) is 5.75 Å². The Labute approximate surface area is 497 Å². The normalized spacial score (nSPS) is 19.8. The van der Waals surface area contributed by atoms with E-state index in [1.807, 2.05) is 88.0 Å². The number of esters is 1. The second-order valence-corrected chi connectivity index (χ2v) is 26.7. The topological polar surface area (TPSA) is 175 Å². The van der Waals surface area contributed by atoms with Crippen molar-refractivity contribution in [2.45, 2.75) is 207 Å². The van der Waals surface area contributed by atoms with Gasteiger partial charge in [-0.25, -0.2) is 27.7 Å². The van der Waals surface area contributed by atoms with Gasteiger partial charge >= 0.3 is 12.1 Å². The molecule has 3 aromatic carbocycles. The van der Waals surface area contributed by atoms with Gasteiger partial charge in [-0.3, -0.25) is 24.2 Å². The summed E-state index contributed by atoms with van der Waals surface area (Å²) in [5.41, 5.74) is 3.89. The summed E-state index contributed by atoms with van der Waals surface area (Å²) in [7, 11) is 0. The highest BCUT2D eigenvalue weighted by molar-refractivity contribution is 7.13. The summed E-state index contributed by atoms with van der Waals surface area (Å²) < 4.78 is 65.0. The molecule has 3 N–H and O–H groups in total. The minimum Gasteiger partial charge on any atom is -0.493 e. The van der Waals surface area contributed by atoms with E-state index >= 15 is 13.2 Å². The monoisotopic (exact) mass is 1180 g/mol. The zero-order valence-corrected chi connectivity index (χ0v) is 51.5. The van der Waals surface area contributed by atoms with Gasteiger partial charge < -0.3 is 34.7 Å². The summed E-state index contributed by atoms with van der Waals surface area (Å²) in [6, 6.07) is 14.2. The molecule has 2 fully saturated rings. The van der Waals surface area contributed by atoms with Crippen molar-refractivity contribution in [1.29, 1.82) is 0 Å². The number of aryl methyl sites for hydroxylation is 1. The van der Waals surface area contributed by atoms with Crippen LogP contribution in [-0.2, 0) is 41.6 Å². The number of likely N-dealkylation sites (tertiary alicyclic amines) is 2. The Balaban J connectivity index is 0.797. The smallest absolute Gasteiger partial charge is 0.411 e. The van der Waals surface area contributed by atoms with Crippen molar-refractivity contribution < 1.29 is 51.4 Å². The van der Waals surface area contributed by atoms with Gasteiger partial charge in [0.05, 0.1) is 35.3 Å². The number of carbonyl (C=O) groups excluding carboxylic acids is 5. The van der Waals surface area contributed by atoms with Gasteiger partial charge in [-0.15, -0.1) is 11.3 Å². The molecule has 5 heterocycles. The van der Waals surface area contributed by atoms with Crippen LogP contribution in [0.3, 0.4) is 0 Å². The molecule has 8 rings (SSSR count). The Kier molecular flexibility index (Phi) is 20.6. The number of benzene rings is 3. The number of amides is 4. The van der Waals surface area contributed by atoms with E-state index in [2.05, 4.69) is 20.6 Å². The van der Waals surface area contributed by atoms with Gasteiger partial charge in [0.2, 0.25) is 17.7 Å². The van der Waals surface area contributed by atoms with Crippen molar-refractivity contribution >= 4 is 52.0 Å². The zero-order valence-electron chi connectivity index (χ0n) is 50.6. The van der Waals surface area contributed by atoms with Crippen molar-refractivity contribution in [3.63, 3.8) is 0 Å². The molecule has 6 atom stereocenters. The van der Waals surface area contributed by atoms with E-state index in [0.717, 1.165) is 76.7 Å². The van der Waals surface area contributed by atoms with E-state index in [4.69, 9.17) is 14.2 Å². The highest BCUT2D eigenvalue weighted by Crippen LogP contribution is 2.44. The molecule has 84 heavy (non-hydrogen) atoms. The Morgan fingerprint density at radius 2 is 1.52 bits per heavy atom. The Bertz CT molecular complexity index is 3090. The molecule has 0 radical (unpaired) electrons. The second kappa shape index (κ2) is 27.3. The molecule has 2 saturated heterocycles. The Morgan fingerprint density at radius 1 is 0.857 bits per heavy atom. The fraction of sp³-hybridized carbons (Fsp3) is 0.569. The molecule has 0 saturated carbocycles. The Hall–Kier alpha value is -6.47. The van der Waals surface area contributed by atoms with Crippen molar-refractivity contribution in [3.8, 4) is 16.2 Å². The van der Waals surface area contributed by atoms with Crippen LogP contribution in [0, 0.1) is 24.0 Å². The fourth-order valence-electron chi connectivity index (χ4n) is 11.9. The van der Waals surface area contributed by atoms with E-state index < -0.39 is 82.5 Å². The van der Waals surface area contributed by atoms with Crippen LogP contribution in [-0.4, -0.2) is 122 Å². The predicted octanol–water partition coefficient (Wildman–Crippen LogP) is 12.6. The lowest BCUT2D eigenvalue weighted by Crippen LogP contribution is -2.57. The third kappa shape index (κ3) is 16.1.